The van der Waals surface area contributed by atoms with Gasteiger partial charge in [-0.15, -0.1) is 0 Å². The Morgan fingerprint density at radius 1 is 1.19 bits per heavy atom. The van der Waals surface area contributed by atoms with E-state index in [1.807, 2.05) is 0 Å². The van der Waals surface area contributed by atoms with Gasteiger partial charge in [-0.1, -0.05) is 6.42 Å². The zero-order chi connectivity index (χ0) is 15.1. The van der Waals surface area contributed by atoms with Gasteiger partial charge in [0.05, 0.1) is 6.10 Å². The Labute approximate surface area is 124 Å². The van der Waals surface area contributed by atoms with Gasteiger partial charge < -0.3 is 20.0 Å². The van der Waals surface area contributed by atoms with Gasteiger partial charge in [-0.3, -0.25) is 0 Å². The van der Waals surface area contributed by atoms with Gasteiger partial charge >= 0.3 is 12.0 Å². The first-order chi connectivity index (χ1) is 9.99. The molecule has 2 amide bonds. The molecule has 0 bridgehead atoms. The highest BCUT2D eigenvalue weighted by molar-refractivity contribution is 5.84. The van der Waals surface area contributed by atoms with Crippen LogP contribution in [0.4, 0.5) is 4.79 Å². The van der Waals surface area contributed by atoms with Gasteiger partial charge in [0.1, 0.15) is 6.04 Å². The molecule has 0 spiro atoms. The number of urea groups is 1. The van der Waals surface area contributed by atoms with Crippen molar-refractivity contribution < 1.29 is 19.8 Å². The molecule has 3 aliphatic rings. The molecule has 3 rings (SSSR count). The lowest BCUT2D eigenvalue weighted by molar-refractivity contribution is -0.142. The summed E-state index contributed by atoms with van der Waals surface area (Å²) in [6.07, 6.45) is 3.41. The number of carbonyl (C=O) groups is 2. The normalized spacial score (nSPS) is 36.9. The average Bonchev–Trinajstić information content (AvgIpc) is 3.11. The Morgan fingerprint density at radius 2 is 1.95 bits per heavy atom. The molecule has 2 aliphatic heterocycles. The smallest absolute Gasteiger partial charge is 0.326 e. The van der Waals surface area contributed by atoms with E-state index in [0.29, 0.717) is 25.6 Å². The van der Waals surface area contributed by atoms with Gasteiger partial charge in [0, 0.05) is 25.6 Å². The van der Waals surface area contributed by atoms with Crippen molar-refractivity contribution in [2.75, 3.05) is 19.6 Å². The Bertz CT molecular complexity index is 439. The van der Waals surface area contributed by atoms with Gasteiger partial charge in [-0.2, -0.15) is 0 Å². The van der Waals surface area contributed by atoms with E-state index in [9.17, 15) is 19.8 Å². The fourth-order valence-corrected chi connectivity index (χ4v) is 4.36. The van der Waals surface area contributed by atoms with Crippen LogP contribution in [0.2, 0.25) is 0 Å². The molecule has 118 valence electrons. The third kappa shape index (κ3) is 2.50. The molecule has 1 saturated carbocycles. The molecule has 1 aliphatic carbocycles. The number of carboxylic acids is 1. The van der Waals surface area contributed by atoms with Crippen molar-refractivity contribution in [1.29, 1.82) is 0 Å². The van der Waals surface area contributed by atoms with Crippen LogP contribution in [0.5, 0.6) is 0 Å². The summed E-state index contributed by atoms with van der Waals surface area (Å²) < 4.78 is 0. The SMILES string of the molecule is CC(O)C1CCN(C(=O)N2CC3CCCC3C2C(=O)O)C1. The molecular weight excluding hydrogens is 272 g/mol. The monoisotopic (exact) mass is 296 g/mol. The Balaban J connectivity index is 1.71. The highest BCUT2D eigenvalue weighted by Crippen LogP contribution is 2.42. The largest absolute Gasteiger partial charge is 0.480 e. The number of hydrogen-bond acceptors (Lipinski definition) is 3. The molecule has 5 atom stereocenters. The minimum Gasteiger partial charge on any atom is -0.480 e. The molecule has 2 saturated heterocycles. The summed E-state index contributed by atoms with van der Waals surface area (Å²) in [4.78, 5) is 27.6. The Hall–Kier alpha value is -1.30. The molecule has 0 aromatic carbocycles. The Morgan fingerprint density at radius 3 is 2.57 bits per heavy atom. The van der Waals surface area contributed by atoms with Crippen LogP contribution in [0.15, 0.2) is 0 Å². The van der Waals surface area contributed by atoms with Gasteiger partial charge in [0.15, 0.2) is 0 Å². The summed E-state index contributed by atoms with van der Waals surface area (Å²) in [5.41, 5.74) is 0. The van der Waals surface area contributed by atoms with Crippen molar-refractivity contribution in [2.24, 2.45) is 17.8 Å². The maximum atomic E-state index is 12.7. The molecule has 21 heavy (non-hydrogen) atoms. The summed E-state index contributed by atoms with van der Waals surface area (Å²) >= 11 is 0. The number of nitrogens with zero attached hydrogens (tertiary/aromatic N) is 2. The fraction of sp³-hybridized carbons (Fsp3) is 0.867. The van der Waals surface area contributed by atoms with Crippen LogP contribution in [0.1, 0.15) is 32.6 Å². The zero-order valence-electron chi connectivity index (χ0n) is 12.4. The number of aliphatic hydroxyl groups is 1. The number of carboxylic acid groups (broad SMARTS) is 1. The molecule has 3 fully saturated rings. The first-order valence-electron chi connectivity index (χ1n) is 7.95. The number of likely N-dealkylation sites (tertiary alicyclic amines) is 2. The minimum atomic E-state index is -0.871. The topological polar surface area (TPSA) is 81.1 Å². The number of amides is 2. The van der Waals surface area contributed by atoms with E-state index in [2.05, 4.69) is 0 Å². The van der Waals surface area contributed by atoms with E-state index >= 15 is 0 Å². The molecule has 6 heteroatoms. The lowest BCUT2D eigenvalue weighted by Gasteiger charge is -2.29. The zero-order valence-corrected chi connectivity index (χ0v) is 12.4. The second-order valence-corrected chi connectivity index (χ2v) is 6.81. The van der Waals surface area contributed by atoms with Gasteiger partial charge in [0.2, 0.25) is 0 Å². The van der Waals surface area contributed by atoms with Crippen molar-refractivity contribution in [3.63, 3.8) is 0 Å². The number of rotatable bonds is 2. The van der Waals surface area contributed by atoms with E-state index in [4.69, 9.17) is 0 Å². The quantitative estimate of drug-likeness (QED) is 0.796. The molecule has 2 N–H and O–H groups in total. The van der Waals surface area contributed by atoms with Crippen molar-refractivity contribution >= 4 is 12.0 Å². The number of carbonyl (C=O) groups excluding carboxylic acids is 1. The van der Waals surface area contributed by atoms with Crippen LogP contribution in [-0.4, -0.2) is 63.8 Å². The fourth-order valence-electron chi connectivity index (χ4n) is 4.36. The second kappa shape index (κ2) is 5.48. The van der Waals surface area contributed by atoms with E-state index < -0.39 is 18.1 Å². The standard InChI is InChI=1S/C15H24N2O4/c1-9(18)10-5-6-16(7-10)15(21)17-8-11-3-2-4-12(11)13(17)14(19)20/h9-13,18H,2-8H2,1H3,(H,19,20). The van der Waals surface area contributed by atoms with Crippen molar-refractivity contribution in [3.8, 4) is 0 Å². The van der Waals surface area contributed by atoms with Gasteiger partial charge in [0.25, 0.3) is 0 Å². The maximum absolute atomic E-state index is 12.7. The van der Waals surface area contributed by atoms with Crippen LogP contribution in [-0.2, 0) is 4.79 Å². The number of hydrogen-bond donors (Lipinski definition) is 2. The first-order valence-corrected chi connectivity index (χ1v) is 7.95. The molecule has 6 nitrogen and oxygen atoms in total. The van der Waals surface area contributed by atoms with Crippen molar-refractivity contribution in [1.82, 2.24) is 9.80 Å². The van der Waals surface area contributed by atoms with Crippen molar-refractivity contribution in [3.05, 3.63) is 0 Å². The van der Waals surface area contributed by atoms with Crippen LogP contribution >= 0.6 is 0 Å². The van der Waals surface area contributed by atoms with E-state index in [1.165, 1.54) is 0 Å². The summed E-state index contributed by atoms with van der Waals surface area (Å²) in [5, 5.41) is 19.2. The predicted octanol–water partition coefficient (Wildman–Crippen LogP) is 0.994. The highest BCUT2D eigenvalue weighted by Gasteiger charge is 2.50. The predicted molar refractivity (Wildman–Crippen MR) is 75.7 cm³/mol. The third-order valence-corrected chi connectivity index (χ3v) is 5.57. The van der Waals surface area contributed by atoms with Gasteiger partial charge in [-0.25, -0.2) is 9.59 Å². The maximum Gasteiger partial charge on any atom is 0.326 e. The molecular formula is C15H24N2O4. The van der Waals surface area contributed by atoms with E-state index in [1.54, 1.807) is 16.7 Å². The van der Waals surface area contributed by atoms with Crippen LogP contribution in [0.25, 0.3) is 0 Å². The number of aliphatic carboxylic acids is 1. The number of fused-ring (bicyclic) bond motifs is 1. The highest BCUT2D eigenvalue weighted by atomic mass is 16.4. The van der Waals surface area contributed by atoms with Crippen molar-refractivity contribution in [2.45, 2.75) is 44.8 Å². The number of aliphatic hydroxyl groups excluding tert-OH is 1. The minimum absolute atomic E-state index is 0.110. The third-order valence-electron chi connectivity index (χ3n) is 5.57. The molecule has 0 aromatic rings. The van der Waals surface area contributed by atoms with Crippen LogP contribution in [0, 0.1) is 17.8 Å². The van der Waals surface area contributed by atoms with Crippen LogP contribution in [0.3, 0.4) is 0 Å². The second-order valence-electron chi connectivity index (χ2n) is 6.81. The molecule has 2 heterocycles. The molecule has 0 aromatic heterocycles. The average molecular weight is 296 g/mol. The summed E-state index contributed by atoms with van der Waals surface area (Å²) in [7, 11) is 0. The Kier molecular flexibility index (Phi) is 3.82. The lowest BCUT2D eigenvalue weighted by Crippen LogP contribution is -2.49. The van der Waals surface area contributed by atoms with Gasteiger partial charge in [-0.05, 0) is 38.0 Å². The summed E-state index contributed by atoms with van der Waals surface area (Å²) in [6, 6.07) is -0.810. The summed E-state index contributed by atoms with van der Waals surface area (Å²) in [6.45, 7) is 3.48. The molecule has 0 radical (unpaired) electrons. The lowest BCUT2D eigenvalue weighted by atomic mass is 9.94. The van der Waals surface area contributed by atoms with E-state index in [0.717, 1.165) is 25.7 Å². The summed E-state index contributed by atoms with van der Waals surface area (Å²) in [5.74, 6) is -0.282. The first kappa shape index (κ1) is 14.6. The molecule has 5 unspecified atom stereocenters. The van der Waals surface area contributed by atoms with E-state index in [-0.39, 0.29) is 17.9 Å². The van der Waals surface area contributed by atoms with Crippen LogP contribution < -0.4 is 0 Å².